The lowest BCUT2D eigenvalue weighted by molar-refractivity contribution is 0.0609. The van der Waals surface area contributed by atoms with E-state index < -0.39 is 0 Å². The summed E-state index contributed by atoms with van der Waals surface area (Å²) in [4.78, 5) is 20.8. The van der Waals surface area contributed by atoms with E-state index in [0.717, 1.165) is 18.9 Å². The molecule has 1 saturated heterocycles. The van der Waals surface area contributed by atoms with E-state index in [-0.39, 0.29) is 18.6 Å². The third-order valence-electron chi connectivity index (χ3n) is 3.48. The van der Waals surface area contributed by atoms with Gasteiger partial charge in [0.2, 0.25) is 0 Å². The fraction of sp³-hybridized carbons (Fsp3) is 0.600. The molecule has 0 bridgehead atoms. The minimum Gasteiger partial charge on any atom is -0.395 e. The van der Waals surface area contributed by atoms with Crippen molar-refractivity contribution in [1.82, 2.24) is 14.8 Å². The zero-order chi connectivity index (χ0) is 15.2. The lowest BCUT2D eigenvalue weighted by Crippen LogP contribution is -2.49. The van der Waals surface area contributed by atoms with Gasteiger partial charge in [-0.2, -0.15) is 0 Å². The first-order chi connectivity index (χ1) is 10.1. The Hall–Kier alpha value is -1.66. The molecular weight excluding hydrogens is 268 g/mol. The van der Waals surface area contributed by atoms with Crippen LogP contribution in [0.5, 0.6) is 0 Å². The maximum Gasteiger partial charge on any atom is 0.272 e. The van der Waals surface area contributed by atoms with E-state index in [4.69, 9.17) is 5.11 Å². The fourth-order valence-corrected chi connectivity index (χ4v) is 2.41. The molecule has 1 amide bonds. The average Bonchev–Trinajstić information content (AvgIpc) is 2.47. The summed E-state index contributed by atoms with van der Waals surface area (Å²) in [6.07, 6.45) is 0. The van der Waals surface area contributed by atoms with Gasteiger partial charge in [-0.3, -0.25) is 9.69 Å². The van der Waals surface area contributed by atoms with Crippen molar-refractivity contribution in [3.05, 3.63) is 23.9 Å². The molecule has 116 valence electrons. The molecule has 2 rings (SSSR count). The van der Waals surface area contributed by atoms with Crippen LogP contribution >= 0.6 is 0 Å². The van der Waals surface area contributed by atoms with Crippen LogP contribution in [0.15, 0.2) is 18.2 Å². The summed E-state index contributed by atoms with van der Waals surface area (Å²) in [5.41, 5.74) is 0.483. The molecule has 6 nitrogen and oxygen atoms in total. The lowest BCUT2D eigenvalue weighted by atomic mass is 10.2. The van der Waals surface area contributed by atoms with Crippen LogP contribution in [0.25, 0.3) is 0 Å². The molecule has 0 spiro atoms. The monoisotopic (exact) mass is 292 g/mol. The Morgan fingerprint density at radius 1 is 1.33 bits per heavy atom. The average molecular weight is 292 g/mol. The number of carbonyl (C=O) groups excluding carboxylic acids is 1. The van der Waals surface area contributed by atoms with Gasteiger partial charge in [0.15, 0.2) is 0 Å². The van der Waals surface area contributed by atoms with Gasteiger partial charge >= 0.3 is 0 Å². The minimum atomic E-state index is -0.0222. The summed E-state index contributed by atoms with van der Waals surface area (Å²) >= 11 is 0. The van der Waals surface area contributed by atoms with Crippen LogP contribution in [0.2, 0.25) is 0 Å². The van der Waals surface area contributed by atoms with Crippen molar-refractivity contribution in [2.45, 2.75) is 19.9 Å². The SMILES string of the molecule is CC(C)Nc1cccc(C(=O)N2CCN(CCO)CC2)n1. The number of hydrogen-bond donors (Lipinski definition) is 2. The number of pyridine rings is 1. The van der Waals surface area contributed by atoms with Crippen LogP contribution in [-0.4, -0.2) is 71.2 Å². The molecule has 1 aromatic heterocycles. The van der Waals surface area contributed by atoms with Crippen molar-refractivity contribution < 1.29 is 9.90 Å². The summed E-state index contributed by atoms with van der Waals surface area (Å²) in [7, 11) is 0. The van der Waals surface area contributed by atoms with Crippen molar-refractivity contribution in [2.75, 3.05) is 44.6 Å². The first-order valence-corrected chi connectivity index (χ1v) is 7.46. The van der Waals surface area contributed by atoms with Crippen LogP contribution in [0.4, 0.5) is 5.82 Å². The number of aliphatic hydroxyl groups excluding tert-OH is 1. The number of rotatable bonds is 5. The Morgan fingerprint density at radius 3 is 2.67 bits per heavy atom. The minimum absolute atomic E-state index is 0.0222. The van der Waals surface area contributed by atoms with E-state index in [2.05, 4.69) is 15.2 Å². The van der Waals surface area contributed by atoms with Gasteiger partial charge < -0.3 is 15.3 Å². The van der Waals surface area contributed by atoms with Gasteiger partial charge in [-0.25, -0.2) is 4.98 Å². The highest BCUT2D eigenvalue weighted by molar-refractivity contribution is 5.92. The van der Waals surface area contributed by atoms with E-state index in [9.17, 15) is 4.79 Å². The molecule has 1 aliphatic rings. The largest absolute Gasteiger partial charge is 0.395 e. The Labute approximate surface area is 125 Å². The number of β-amino-alcohol motifs (C(OH)–C–C–N with tert-alkyl or cyclic N) is 1. The molecule has 0 radical (unpaired) electrons. The molecule has 0 saturated carbocycles. The van der Waals surface area contributed by atoms with Crippen molar-refractivity contribution in [3.8, 4) is 0 Å². The summed E-state index contributed by atoms with van der Waals surface area (Å²) in [6, 6.07) is 5.77. The third-order valence-corrected chi connectivity index (χ3v) is 3.48. The topological polar surface area (TPSA) is 68.7 Å². The molecule has 2 heterocycles. The standard InChI is InChI=1S/C15H24N4O2/c1-12(2)16-14-5-3-4-13(17-14)15(21)19-8-6-18(7-9-19)10-11-20/h3-5,12,20H,6-11H2,1-2H3,(H,16,17). The van der Waals surface area contributed by atoms with E-state index in [1.54, 1.807) is 6.07 Å². The molecule has 0 unspecified atom stereocenters. The normalized spacial score (nSPS) is 16.3. The smallest absolute Gasteiger partial charge is 0.272 e. The molecule has 1 aliphatic heterocycles. The number of carbonyl (C=O) groups is 1. The van der Waals surface area contributed by atoms with Crippen LogP contribution in [0, 0.1) is 0 Å². The lowest BCUT2D eigenvalue weighted by Gasteiger charge is -2.34. The maximum atomic E-state index is 12.5. The highest BCUT2D eigenvalue weighted by atomic mass is 16.3. The number of anilines is 1. The number of nitrogens with one attached hydrogen (secondary N) is 1. The third kappa shape index (κ3) is 4.41. The van der Waals surface area contributed by atoms with Gasteiger partial charge in [0.05, 0.1) is 6.61 Å². The molecule has 1 fully saturated rings. The zero-order valence-corrected chi connectivity index (χ0v) is 12.7. The summed E-state index contributed by atoms with van der Waals surface area (Å²) in [6.45, 7) is 7.89. The zero-order valence-electron chi connectivity index (χ0n) is 12.7. The molecule has 1 aromatic rings. The molecule has 6 heteroatoms. The van der Waals surface area contributed by atoms with Crippen LogP contribution in [-0.2, 0) is 0 Å². The number of hydrogen-bond acceptors (Lipinski definition) is 5. The Kier molecular flexibility index (Phi) is 5.52. The van der Waals surface area contributed by atoms with Crippen LogP contribution < -0.4 is 5.32 Å². The van der Waals surface area contributed by atoms with Crippen molar-refractivity contribution in [3.63, 3.8) is 0 Å². The number of nitrogens with zero attached hydrogens (tertiary/aromatic N) is 3. The van der Waals surface area contributed by atoms with E-state index in [0.29, 0.717) is 25.3 Å². The summed E-state index contributed by atoms with van der Waals surface area (Å²) in [5.74, 6) is 0.709. The highest BCUT2D eigenvalue weighted by Gasteiger charge is 2.22. The fourth-order valence-electron chi connectivity index (χ4n) is 2.41. The molecular formula is C15H24N4O2. The molecule has 0 aliphatic carbocycles. The van der Waals surface area contributed by atoms with E-state index in [1.165, 1.54) is 0 Å². The molecule has 0 aromatic carbocycles. The first kappa shape index (κ1) is 15.7. The van der Waals surface area contributed by atoms with Crippen LogP contribution in [0.3, 0.4) is 0 Å². The first-order valence-electron chi connectivity index (χ1n) is 7.46. The highest BCUT2D eigenvalue weighted by Crippen LogP contribution is 2.11. The maximum absolute atomic E-state index is 12.5. The predicted octanol–water partition coefficient (Wildman–Crippen LogP) is 0.652. The van der Waals surface area contributed by atoms with Gasteiger partial charge in [-0.1, -0.05) is 6.07 Å². The Morgan fingerprint density at radius 2 is 2.05 bits per heavy atom. The second-order valence-electron chi connectivity index (χ2n) is 5.56. The molecule has 21 heavy (non-hydrogen) atoms. The van der Waals surface area contributed by atoms with Gasteiger partial charge in [-0.15, -0.1) is 0 Å². The molecule has 2 N–H and O–H groups in total. The second-order valence-corrected chi connectivity index (χ2v) is 5.56. The quantitative estimate of drug-likeness (QED) is 0.834. The summed E-state index contributed by atoms with van der Waals surface area (Å²) < 4.78 is 0. The van der Waals surface area contributed by atoms with Gasteiger partial charge in [0.25, 0.3) is 5.91 Å². The predicted molar refractivity (Wildman–Crippen MR) is 82.4 cm³/mol. The molecule has 0 atom stereocenters. The van der Waals surface area contributed by atoms with Gasteiger partial charge in [-0.05, 0) is 26.0 Å². The number of aromatic nitrogens is 1. The summed E-state index contributed by atoms with van der Waals surface area (Å²) in [5, 5.41) is 12.1. The number of piperazine rings is 1. The Bertz CT molecular complexity index is 470. The number of aliphatic hydroxyl groups is 1. The van der Waals surface area contributed by atoms with E-state index in [1.807, 2.05) is 30.9 Å². The van der Waals surface area contributed by atoms with Crippen molar-refractivity contribution >= 4 is 11.7 Å². The van der Waals surface area contributed by atoms with Crippen molar-refractivity contribution in [1.29, 1.82) is 0 Å². The van der Waals surface area contributed by atoms with Crippen molar-refractivity contribution in [2.24, 2.45) is 0 Å². The second kappa shape index (κ2) is 7.38. The number of amides is 1. The van der Waals surface area contributed by atoms with Gasteiger partial charge in [0.1, 0.15) is 11.5 Å². The Balaban J connectivity index is 1.97. The van der Waals surface area contributed by atoms with Crippen LogP contribution in [0.1, 0.15) is 24.3 Å². The van der Waals surface area contributed by atoms with E-state index >= 15 is 0 Å². The van der Waals surface area contributed by atoms with Gasteiger partial charge in [0, 0.05) is 38.8 Å².